The highest BCUT2D eigenvalue weighted by Crippen LogP contribution is 2.63. The number of hydrogen-bond donors (Lipinski definition) is 1. The first-order chi connectivity index (χ1) is 11.8. The number of hydrogen-bond acceptors (Lipinski definition) is 1. The van der Waals surface area contributed by atoms with E-state index in [1.165, 1.54) is 32.1 Å². The van der Waals surface area contributed by atoms with Crippen LogP contribution in [0.5, 0.6) is 0 Å². The minimum atomic E-state index is -0.0522. The molecule has 144 valence electrons. The van der Waals surface area contributed by atoms with Crippen LogP contribution in [0.25, 0.3) is 0 Å². The van der Waals surface area contributed by atoms with Gasteiger partial charge < -0.3 is 5.11 Å². The van der Waals surface area contributed by atoms with Gasteiger partial charge in [0.1, 0.15) is 0 Å². The van der Waals surface area contributed by atoms with Crippen molar-refractivity contribution in [1.82, 2.24) is 0 Å². The van der Waals surface area contributed by atoms with Gasteiger partial charge in [-0.1, -0.05) is 62.2 Å². The molecule has 0 bridgehead atoms. The topological polar surface area (TPSA) is 20.2 Å². The normalized spacial score (nSPS) is 46.6. The molecule has 0 aromatic heterocycles. The van der Waals surface area contributed by atoms with E-state index >= 15 is 0 Å². The number of halogens is 1. The van der Waals surface area contributed by atoms with Gasteiger partial charge in [-0.2, -0.15) is 0 Å². The molecule has 4 unspecified atom stereocenters. The third-order valence-electron chi connectivity index (χ3n) is 9.06. The lowest BCUT2D eigenvalue weighted by molar-refractivity contribution is -0.0516. The molecule has 25 heavy (non-hydrogen) atoms. The van der Waals surface area contributed by atoms with Gasteiger partial charge in [-0.15, -0.1) is 0 Å². The van der Waals surface area contributed by atoms with Crippen LogP contribution >= 0.6 is 15.9 Å². The summed E-state index contributed by atoms with van der Waals surface area (Å²) >= 11 is 3.74. The molecule has 0 heterocycles. The second-order valence-corrected chi connectivity index (χ2v) is 10.7. The lowest BCUT2D eigenvalue weighted by atomic mass is 9.46. The maximum atomic E-state index is 10.2. The minimum absolute atomic E-state index is 0.0522. The van der Waals surface area contributed by atoms with E-state index in [0.29, 0.717) is 16.7 Å². The van der Waals surface area contributed by atoms with Gasteiger partial charge in [0, 0.05) is 5.33 Å². The van der Waals surface area contributed by atoms with E-state index in [4.69, 9.17) is 0 Å². The van der Waals surface area contributed by atoms with Gasteiger partial charge in [0.2, 0.25) is 0 Å². The number of rotatable bonds is 4. The summed E-state index contributed by atoms with van der Waals surface area (Å²) in [6.07, 6.45) is 11.1. The van der Waals surface area contributed by atoms with Crippen LogP contribution in [0.15, 0.2) is 11.6 Å². The Labute approximate surface area is 164 Å². The molecular weight excluding hydrogens is 372 g/mol. The molecule has 1 N–H and O–H groups in total. The maximum absolute atomic E-state index is 10.2. The van der Waals surface area contributed by atoms with E-state index in [9.17, 15) is 5.11 Å². The molecule has 2 saturated carbocycles. The Morgan fingerprint density at radius 3 is 2.60 bits per heavy atom. The van der Waals surface area contributed by atoms with Crippen molar-refractivity contribution in [2.45, 2.75) is 85.7 Å². The van der Waals surface area contributed by atoms with Gasteiger partial charge in [-0.3, -0.25) is 0 Å². The predicted octanol–water partition coefficient (Wildman–Crippen LogP) is 6.59. The molecule has 2 heteroatoms. The molecule has 3 aliphatic carbocycles. The Kier molecular flexibility index (Phi) is 5.82. The maximum Gasteiger partial charge on any atom is 0.0543 e. The van der Waals surface area contributed by atoms with Crippen LogP contribution in [0.3, 0.4) is 0 Å². The summed E-state index contributed by atoms with van der Waals surface area (Å²) < 4.78 is 0. The number of alkyl halides is 1. The van der Waals surface area contributed by atoms with Crippen molar-refractivity contribution < 1.29 is 5.11 Å². The standard InChI is InChI=1S/C23H39BrO/c1-6-20-19-8-7-17-13-18(25)9-11-23(17,5)21(19)10-12-22(20,4)16(3)15(2)14-24/h8,15-18,20-21,25H,6-7,9-14H2,1-5H3/t15-,16-,17?,18?,20?,21?,22-,23-/m1/s1. The Morgan fingerprint density at radius 1 is 1.24 bits per heavy atom. The van der Waals surface area contributed by atoms with Crippen molar-refractivity contribution in [2.24, 2.45) is 40.4 Å². The molecule has 0 aromatic rings. The van der Waals surface area contributed by atoms with E-state index in [-0.39, 0.29) is 6.10 Å². The van der Waals surface area contributed by atoms with E-state index < -0.39 is 0 Å². The number of fused-ring (bicyclic) bond motifs is 3. The lowest BCUT2D eigenvalue weighted by Crippen LogP contribution is -2.51. The summed E-state index contributed by atoms with van der Waals surface area (Å²) in [6.45, 7) is 12.5. The van der Waals surface area contributed by atoms with Crippen molar-refractivity contribution in [1.29, 1.82) is 0 Å². The predicted molar refractivity (Wildman–Crippen MR) is 111 cm³/mol. The second kappa shape index (κ2) is 7.30. The fraction of sp³-hybridized carbons (Fsp3) is 0.913. The van der Waals surface area contributed by atoms with Crippen molar-refractivity contribution >= 4 is 15.9 Å². The molecule has 2 fully saturated rings. The fourth-order valence-corrected chi connectivity index (χ4v) is 7.51. The third kappa shape index (κ3) is 3.18. The van der Waals surface area contributed by atoms with Crippen LogP contribution in [0.4, 0.5) is 0 Å². The van der Waals surface area contributed by atoms with Gasteiger partial charge in [-0.25, -0.2) is 0 Å². The Balaban J connectivity index is 1.92. The number of aliphatic hydroxyl groups is 1. The first-order valence-corrected chi connectivity index (χ1v) is 11.8. The summed E-state index contributed by atoms with van der Waals surface area (Å²) in [5, 5.41) is 11.3. The molecule has 0 aromatic carbocycles. The molecule has 0 saturated heterocycles. The van der Waals surface area contributed by atoms with Gasteiger partial charge in [0.25, 0.3) is 0 Å². The summed E-state index contributed by atoms with van der Waals surface area (Å²) in [7, 11) is 0. The van der Waals surface area contributed by atoms with Crippen molar-refractivity contribution in [3.63, 3.8) is 0 Å². The first kappa shape index (κ1) is 19.9. The summed E-state index contributed by atoms with van der Waals surface area (Å²) in [5.74, 6) is 3.69. The molecule has 1 nitrogen and oxygen atoms in total. The number of allylic oxidation sites excluding steroid dienone is 2. The largest absolute Gasteiger partial charge is 0.393 e. The van der Waals surface area contributed by atoms with E-state index in [0.717, 1.165) is 41.8 Å². The quantitative estimate of drug-likeness (QED) is 0.408. The Hall–Kier alpha value is 0.180. The molecule has 0 spiro atoms. The van der Waals surface area contributed by atoms with Crippen LogP contribution < -0.4 is 0 Å². The van der Waals surface area contributed by atoms with Crippen molar-refractivity contribution in [2.75, 3.05) is 5.33 Å². The van der Waals surface area contributed by atoms with E-state index in [1.54, 1.807) is 5.57 Å². The van der Waals surface area contributed by atoms with Crippen molar-refractivity contribution in [3.05, 3.63) is 11.6 Å². The average Bonchev–Trinajstić information content (AvgIpc) is 2.60. The highest BCUT2D eigenvalue weighted by Gasteiger charge is 2.54. The highest BCUT2D eigenvalue weighted by molar-refractivity contribution is 9.09. The van der Waals surface area contributed by atoms with Crippen LogP contribution in [-0.2, 0) is 0 Å². The molecule has 0 radical (unpaired) electrons. The summed E-state index contributed by atoms with van der Waals surface area (Å²) in [6, 6.07) is 0. The van der Waals surface area contributed by atoms with Crippen LogP contribution in [-0.4, -0.2) is 16.5 Å². The summed E-state index contributed by atoms with van der Waals surface area (Å²) in [5.41, 5.74) is 2.67. The van der Waals surface area contributed by atoms with Crippen molar-refractivity contribution in [3.8, 4) is 0 Å². The Morgan fingerprint density at radius 2 is 1.96 bits per heavy atom. The van der Waals surface area contributed by atoms with Gasteiger partial charge in [0.05, 0.1) is 6.10 Å². The average molecular weight is 411 g/mol. The van der Waals surface area contributed by atoms with Gasteiger partial charge >= 0.3 is 0 Å². The zero-order valence-electron chi connectivity index (χ0n) is 17.0. The number of aliphatic hydroxyl groups excluding tert-OH is 1. The van der Waals surface area contributed by atoms with E-state index in [1.807, 2.05) is 0 Å². The highest BCUT2D eigenvalue weighted by atomic mass is 79.9. The molecule has 0 aliphatic heterocycles. The van der Waals surface area contributed by atoms with Gasteiger partial charge in [0.15, 0.2) is 0 Å². The second-order valence-electron chi connectivity index (χ2n) is 10.0. The van der Waals surface area contributed by atoms with Crippen LogP contribution in [0, 0.1) is 40.4 Å². The fourth-order valence-electron chi connectivity index (χ4n) is 6.95. The van der Waals surface area contributed by atoms with Crippen LogP contribution in [0.1, 0.15) is 79.6 Å². The monoisotopic (exact) mass is 410 g/mol. The lowest BCUT2D eigenvalue weighted by Gasteiger charge is -2.59. The van der Waals surface area contributed by atoms with Gasteiger partial charge in [-0.05, 0) is 85.4 Å². The molecule has 0 amide bonds. The molecule has 3 aliphatic rings. The third-order valence-corrected chi connectivity index (χ3v) is 10.1. The minimum Gasteiger partial charge on any atom is -0.393 e. The molecular formula is C23H39BrO. The van der Waals surface area contributed by atoms with Crippen LogP contribution in [0.2, 0.25) is 0 Å². The van der Waals surface area contributed by atoms with E-state index in [2.05, 4.69) is 56.6 Å². The SMILES string of the molecule is CCC1C2=CCC3CC(O)CC[C@@]3(C)C2CC[C@]1(C)[C@H](C)[C@H](C)CBr. The zero-order chi connectivity index (χ0) is 18.4. The smallest absolute Gasteiger partial charge is 0.0543 e. The zero-order valence-corrected chi connectivity index (χ0v) is 18.6. The first-order valence-electron chi connectivity index (χ1n) is 10.7. The Bertz CT molecular complexity index is 514. The molecule has 3 rings (SSSR count). The molecule has 8 atom stereocenters. The summed E-state index contributed by atoms with van der Waals surface area (Å²) in [4.78, 5) is 0.